The average Bonchev–Trinajstić information content (AvgIpc) is 3.41. The van der Waals surface area contributed by atoms with Crippen LogP contribution in [0.25, 0.3) is 6.08 Å². The molecule has 1 aliphatic rings. The summed E-state index contributed by atoms with van der Waals surface area (Å²) in [5, 5.41) is 3.04. The molecule has 0 radical (unpaired) electrons. The zero-order valence-electron chi connectivity index (χ0n) is 14.0. The molecule has 1 saturated carbocycles. The number of ether oxygens (including phenoxy) is 1. The molecule has 3 heteroatoms. The van der Waals surface area contributed by atoms with Crippen molar-refractivity contribution < 1.29 is 9.53 Å². The Labute approximate surface area is 143 Å². The molecule has 0 bridgehead atoms. The van der Waals surface area contributed by atoms with E-state index < -0.39 is 0 Å². The van der Waals surface area contributed by atoms with Gasteiger partial charge in [-0.2, -0.15) is 0 Å². The van der Waals surface area contributed by atoms with Gasteiger partial charge in [-0.1, -0.05) is 48.5 Å². The molecule has 1 fully saturated rings. The monoisotopic (exact) mass is 321 g/mol. The molecular formula is C21H23NO2. The fourth-order valence-electron chi connectivity index (χ4n) is 2.90. The third-order valence-electron chi connectivity index (χ3n) is 4.47. The van der Waals surface area contributed by atoms with Crippen LogP contribution in [-0.2, 0) is 10.2 Å². The standard InChI is InChI=1S/C21H23NO2/c1-2-24-19-11-7-6-8-17(19)12-13-20(23)22-16-21(14-15-21)18-9-4-3-5-10-18/h3-13H,2,14-16H2,1H3,(H,22,23)/b13-12+. The van der Waals surface area contributed by atoms with Gasteiger partial charge in [-0.15, -0.1) is 0 Å². The van der Waals surface area contributed by atoms with Crippen molar-refractivity contribution in [1.29, 1.82) is 0 Å². The lowest BCUT2D eigenvalue weighted by atomic mass is 9.96. The first kappa shape index (κ1) is 16.3. The fourth-order valence-corrected chi connectivity index (χ4v) is 2.90. The predicted molar refractivity (Wildman–Crippen MR) is 97.0 cm³/mol. The summed E-state index contributed by atoms with van der Waals surface area (Å²) in [6.45, 7) is 3.25. The van der Waals surface area contributed by atoms with Crippen molar-refractivity contribution in [3.8, 4) is 5.75 Å². The van der Waals surface area contributed by atoms with Gasteiger partial charge in [0.1, 0.15) is 5.75 Å². The van der Waals surface area contributed by atoms with E-state index in [-0.39, 0.29) is 11.3 Å². The summed E-state index contributed by atoms with van der Waals surface area (Å²) in [5.74, 6) is 0.732. The summed E-state index contributed by atoms with van der Waals surface area (Å²) < 4.78 is 5.57. The number of hydrogen-bond acceptors (Lipinski definition) is 2. The Morgan fingerprint density at radius 3 is 2.54 bits per heavy atom. The quantitative estimate of drug-likeness (QED) is 0.784. The van der Waals surface area contributed by atoms with Crippen LogP contribution in [0.1, 0.15) is 30.9 Å². The second kappa shape index (κ2) is 7.35. The normalized spacial score (nSPS) is 15.2. The van der Waals surface area contributed by atoms with Gasteiger partial charge in [0.05, 0.1) is 6.61 Å². The molecule has 124 valence electrons. The topological polar surface area (TPSA) is 38.3 Å². The van der Waals surface area contributed by atoms with Crippen LogP contribution in [0.3, 0.4) is 0 Å². The van der Waals surface area contributed by atoms with Gasteiger partial charge in [-0.3, -0.25) is 4.79 Å². The van der Waals surface area contributed by atoms with E-state index >= 15 is 0 Å². The number of hydrogen-bond donors (Lipinski definition) is 1. The molecule has 3 nitrogen and oxygen atoms in total. The van der Waals surface area contributed by atoms with Crippen LogP contribution in [0.2, 0.25) is 0 Å². The highest BCUT2D eigenvalue weighted by atomic mass is 16.5. The van der Waals surface area contributed by atoms with Gasteiger partial charge in [0.15, 0.2) is 0 Å². The number of amides is 1. The molecule has 0 atom stereocenters. The summed E-state index contributed by atoms with van der Waals surface area (Å²) >= 11 is 0. The van der Waals surface area contributed by atoms with Crippen molar-refractivity contribution in [2.75, 3.05) is 13.2 Å². The maximum Gasteiger partial charge on any atom is 0.244 e. The number of nitrogens with one attached hydrogen (secondary N) is 1. The van der Waals surface area contributed by atoms with E-state index in [1.807, 2.05) is 43.3 Å². The summed E-state index contributed by atoms with van der Waals surface area (Å²) in [5.41, 5.74) is 2.36. The Kier molecular flexibility index (Phi) is 4.99. The molecule has 3 rings (SSSR count). The van der Waals surface area contributed by atoms with Crippen molar-refractivity contribution in [2.45, 2.75) is 25.2 Å². The van der Waals surface area contributed by atoms with E-state index in [0.29, 0.717) is 13.2 Å². The highest BCUT2D eigenvalue weighted by Gasteiger charge is 2.43. The van der Waals surface area contributed by atoms with Crippen molar-refractivity contribution in [1.82, 2.24) is 5.32 Å². The molecule has 1 aliphatic carbocycles. The van der Waals surface area contributed by atoms with Crippen LogP contribution in [0.5, 0.6) is 5.75 Å². The Bertz CT molecular complexity index is 718. The SMILES string of the molecule is CCOc1ccccc1/C=C/C(=O)NCC1(c2ccccc2)CC1. The highest BCUT2D eigenvalue weighted by Crippen LogP contribution is 2.47. The Morgan fingerprint density at radius 1 is 1.12 bits per heavy atom. The maximum atomic E-state index is 12.2. The first-order valence-electron chi connectivity index (χ1n) is 8.47. The van der Waals surface area contributed by atoms with Crippen LogP contribution < -0.4 is 10.1 Å². The van der Waals surface area contributed by atoms with Gasteiger partial charge in [0, 0.05) is 23.6 Å². The lowest BCUT2D eigenvalue weighted by Gasteiger charge is -2.15. The van der Waals surface area contributed by atoms with E-state index in [0.717, 1.165) is 24.2 Å². The van der Waals surface area contributed by atoms with Crippen LogP contribution in [0.15, 0.2) is 60.7 Å². The number of para-hydroxylation sites is 1. The lowest BCUT2D eigenvalue weighted by molar-refractivity contribution is -0.116. The van der Waals surface area contributed by atoms with E-state index in [1.54, 1.807) is 6.08 Å². The van der Waals surface area contributed by atoms with Crippen molar-refractivity contribution >= 4 is 12.0 Å². The third-order valence-corrected chi connectivity index (χ3v) is 4.47. The van der Waals surface area contributed by atoms with Gasteiger partial charge in [0.2, 0.25) is 5.91 Å². The minimum Gasteiger partial charge on any atom is -0.493 e. The summed E-state index contributed by atoms with van der Waals surface area (Å²) in [6.07, 6.45) is 5.66. The molecule has 0 aliphatic heterocycles. The zero-order valence-corrected chi connectivity index (χ0v) is 14.0. The van der Waals surface area contributed by atoms with E-state index in [1.165, 1.54) is 5.56 Å². The van der Waals surface area contributed by atoms with Gasteiger partial charge < -0.3 is 10.1 Å². The Balaban J connectivity index is 1.59. The van der Waals surface area contributed by atoms with Crippen molar-refractivity contribution in [3.05, 3.63) is 71.8 Å². The predicted octanol–water partition coefficient (Wildman–Crippen LogP) is 3.95. The molecule has 1 amide bonds. The molecule has 0 aromatic heterocycles. The van der Waals surface area contributed by atoms with E-state index in [9.17, 15) is 4.79 Å². The molecule has 24 heavy (non-hydrogen) atoms. The summed E-state index contributed by atoms with van der Waals surface area (Å²) in [7, 11) is 0. The molecule has 0 spiro atoms. The first-order valence-corrected chi connectivity index (χ1v) is 8.47. The molecule has 0 heterocycles. The van der Waals surface area contributed by atoms with E-state index in [4.69, 9.17) is 4.74 Å². The number of benzene rings is 2. The molecule has 1 N–H and O–H groups in total. The fraction of sp³-hybridized carbons (Fsp3) is 0.286. The molecule has 2 aromatic carbocycles. The third kappa shape index (κ3) is 3.85. The largest absolute Gasteiger partial charge is 0.493 e. The van der Waals surface area contributed by atoms with Gasteiger partial charge in [-0.25, -0.2) is 0 Å². The molecule has 0 saturated heterocycles. The van der Waals surface area contributed by atoms with Crippen LogP contribution in [0, 0.1) is 0 Å². The van der Waals surface area contributed by atoms with Crippen LogP contribution >= 0.6 is 0 Å². The number of carbonyl (C=O) groups is 1. The van der Waals surface area contributed by atoms with Crippen molar-refractivity contribution in [3.63, 3.8) is 0 Å². The Hall–Kier alpha value is -2.55. The second-order valence-electron chi connectivity index (χ2n) is 6.17. The lowest BCUT2D eigenvalue weighted by Crippen LogP contribution is -2.30. The highest BCUT2D eigenvalue weighted by molar-refractivity contribution is 5.92. The number of rotatable bonds is 7. The minimum absolute atomic E-state index is 0.0662. The minimum atomic E-state index is -0.0662. The van der Waals surface area contributed by atoms with Gasteiger partial charge >= 0.3 is 0 Å². The second-order valence-corrected chi connectivity index (χ2v) is 6.17. The van der Waals surface area contributed by atoms with Crippen LogP contribution in [-0.4, -0.2) is 19.1 Å². The average molecular weight is 321 g/mol. The van der Waals surface area contributed by atoms with Gasteiger partial charge in [-0.05, 0) is 37.5 Å². The smallest absolute Gasteiger partial charge is 0.244 e. The summed E-state index contributed by atoms with van der Waals surface area (Å²) in [4.78, 5) is 12.2. The number of carbonyl (C=O) groups excluding carboxylic acids is 1. The van der Waals surface area contributed by atoms with Gasteiger partial charge in [0.25, 0.3) is 0 Å². The van der Waals surface area contributed by atoms with Crippen LogP contribution in [0.4, 0.5) is 0 Å². The maximum absolute atomic E-state index is 12.2. The molecular weight excluding hydrogens is 298 g/mol. The zero-order chi connectivity index (χ0) is 16.8. The molecule has 2 aromatic rings. The van der Waals surface area contributed by atoms with E-state index in [2.05, 4.69) is 29.6 Å². The first-order chi connectivity index (χ1) is 11.7. The van der Waals surface area contributed by atoms with Crippen molar-refractivity contribution in [2.24, 2.45) is 0 Å². The molecule has 0 unspecified atom stereocenters. The Morgan fingerprint density at radius 2 is 1.83 bits per heavy atom. The summed E-state index contributed by atoms with van der Waals surface area (Å²) in [6, 6.07) is 18.2.